The van der Waals surface area contributed by atoms with E-state index in [0.717, 1.165) is 19.6 Å². The summed E-state index contributed by atoms with van der Waals surface area (Å²) in [6.45, 7) is 7.89. The van der Waals surface area contributed by atoms with Crippen molar-refractivity contribution < 1.29 is 0 Å². The summed E-state index contributed by atoms with van der Waals surface area (Å²) < 4.78 is 0. The normalized spacial score (nSPS) is 12.3. The Hall–Kier alpha value is -1.95. The number of benzene rings is 3. The molecule has 0 N–H and O–H groups in total. The molecule has 2 heteroatoms. The number of nitrogens with zero attached hydrogens (tertiary/aromatic N) is 1. The average molecular weight is 363 g/mol. The summed E-state index contributed by atoms with van der Waals surface area (Å²) in [4.78, 5) is 2.55. The Balaban J connectivity index is 2.18. The average Bonchev–Trinajstić information content (AvgIpc) is 2.74. The zero-order valence-corrected chi connectivity index (χ0v) is 16.9. The first-order chi connectivity index (χ1) is 12.8. The van der Waals surface area contributed by atoms with Gasteiger partial charge in [-0.1, -0.05) is 0 Å². The van der Waals surface area contributed by atoms with Crippen molar-refractivity contribution in [2.45, 2.75) is 13.8 Å². The van der Waals surface area contributed by atoms with Gasteiger partial charge in [0.05, 0.1) is 0 Å². The molecule has 0 aromatic heterocycles. The van der Waals surface area contributed by atoms with Crippen LogP contribution >= 0.6 is 7.26 Å². The molecule has 136 valence electrons. The van der Waals surface area contributed by atoms with E-state index >= 15 is 0 Å². The van der Waals surface area contributed by atoms with Gasteiger partial charge in [0, 0.05) is 0 Å². The summed E-state index contributed by atoms with van der Waals surface area (Å²) in [5, 5.41) is 4.51. The summed E-state index contributed by atoms with van der Waals surface area (Å²) in [5.41, 5.74) is 0. The van der Waals surface area contributed by atoms with Gasteiger partial charge < -0.3 is 0 Å². The third kappa shape index (κ3) is 3.90. The number of hydrogen-bond acceptors (Lipinski definition) is 1. The van der Waals surface area contributed by atoms with Gasteiger partial charge in [-0.3, -0.25) is 0 Å². The quantitative estimate of drug-likeness (QED) is 0.546. The molecule has 0 radical (unpaired) electrons. The molecule has 0 aliphatic heterocycles. The van der Waals surface area contributed by atoms with Gasteiger partial charge in [0.2, 0.25) is 0 Å². The number of hydrogen-bond donors (Lipinski definition) is 0. The second kappa shape index (κ2) is 9.12. The van der Waals surface area contributed by atoms with Crippen LogP contribution in [-0.2, 0) is 0 Å². The molecule has 3 rings (SSSR count). The predicted octanol–water partition coefficient (Wildman–Crippen LogP) is 4.05. The molecule has 0 saturated heterocycles. The van der Waals surface area contributed by atoms with Crippen molar-refractivity contribution in [3.8, 4) is 0 Å². The molecule has 3 aromatic rings. The van der Waals surface area contributed by atoms with Gasteiger partial charge in [0.25, 0.3) is 0 Å². The Morgan fingerprint density at radius 2 is 0.923 bits per heavy atom. The molecule has 3 aromatic carbocycles. The summed E-state index contributed by atoms with van der Waals surface area (Å²) in [6.07, 6.45) is 1.20. The van der Waals surface area contributed by atoms with Gasteiger partial charge in [-0.25, -0.2) is 0 Å². The third-order valence-corrected chi connectivity index (χ3v) is 10.4. The van der Waals surface area contributed by atoms with Gasteiger partial charge in [-0.2, -0.15) is 0 Å². The molecule has 0 aliphatic carbocycles. The number of rotatable bonds is 8. The van der Waals surface area contributed by atoms with Gasteiger partial charge >= 0.3 is 159 Å². The van der Waals surface area contributed by atoms with Gasteiger partial charge in [0.1, 0.15) is 0 Å². The second-order valence-electron chi connectivity index (χ2n) is 6.78. The standard InChI is InChI=1S/C24H30NP/c1-3-25(4-2)20-21-26(22-14-8-5-9-15-22,23-16-10-6-11-17-23)24-18-12-7-13-19-24/h5-19,26H,3-4,20-21H2,1-2H3. The molecule has 0 amide bonds. The van der Waals surface area contributed by atoms with Gasteiger partial charge in [-0.05, 0) is 0 Å². The molecule has 1 nitrogen and oxygen atoms in total. The van der Waals surface area contributed by atoms with Crippen molar-refractivity contribution in [3.63, 3.8) is 0 Å². The fraction of sp³-hybridized carbons (Fsp3) is 0.250. The fourth-order valence-electron chi connectivity index (χ4n) is 3.97. The van der Waals surface area contributed by atoms with Crippen LogP contribution in [0.15, 0.2) is 91.0 Å². The van der Waals surface area contributed by atoms with E-state index in [2.05, 4.69) is 110 Å². The predicted molar refractivity (Wildman–Crippen MR) is 119 cm³/mol. The maximum atomic E-state index is 2.55. The van der Waals surface area contributed by atoms with Crippen LogP contribution in [0.3, 0.4) is 0 Å². The molecule has 0 bridgehead atoms. The van der Waals surface area contributed by atoms with E-state index in [-0.39, 0.29) is 0 Å². The zero-order chi connectivity index (χ0) is 18.2. The Morgan fingerprint density at radius 1 is 0.577 bits per heavy atom. The van der Waals surface area contributed by atoms with Crippen LogP contribution in [0.4, 0.5) is 0 Å². The Labute approximate surface area is 159 Å². The molecular weight excluding hydrogens is 333 g/mol. The molecule has 0 atom stereocenters. The van der Waals surface area contributed by atoms with Crippen LogP contribution < -0.4 is 15.9 Å². The van der Waals surface area contributed by atoms with Crippen LogP contribution in [0.25, 0.3) is 0 Å². The van der Waals surface area contributed by atoms with Crippen molar-refractivity contribution in [2.75, 3.05) is 25.8 Å². The van der Waals surface area contributed by atoms with E-state index in [1.165, 1.54) is 22.1 Å². The van der Waals surface area contributed by atoms with Crippen LogP contribution in [0, 0.1) is 0 Å². The molecular formula is C24H30NP. The van der Waals surface area contributed by atoms with Crippen molar-refractivity contribution >= 4 is 23.2 Å². The molecule has 0 aliphatic rings. The molecule has 0 heterocycles. The first-order valence-electron chi connectivity index (χ1n) is 9.70. The fourth-order valence-corrected chi connectivity index (χ4v) is 8.77. The molecule has 0 spiro atoms. The van der Waals surface area contributed by atoms with Crippen LogP contribution in [0.1, 0.15) is 13.8 Å². The van der Waals surface area contributed by atoms with Crippen molar-refractivity contribution in [1.82, 2.24) is 4.90 Å². The van der Waals surface area contributed by atoms with E-state index in [0.29, 0.717) is 0 Å². The molecule has 26 heavy (non-hydrogen) atoms. The first-order valence-corrected chi connectivity index (χ1v) is 11.9. The first kappa shape index (κ1) is 18.8. The van der Waals surface area contributed by atoms with E-state index in [4.69, 9.17) is 0 Å². The van der Waals surface area contributed by atoms with Crippen molar-refractivity contribution in [3.05, 3.63) is 91.0 Å². The maximum absolute atomic E-state index is 2.55. The third-order valence-electron chi connectivity index (χ3n) is 5.50. The summed E-state index contributed by atoms with van der Waals surface area (Å²) >= 11 is 0. The van der Waals surface area contributed by atoms with Gasteiger partial charge in [-0.15, -0.1) is 0 Å². The monoisotopic (exact) mass is 363 g/mol. The second-order valence-corrected chi connectivity index (χ2v) is 10.8. The van der Waals surface area contributed by atoms with E-state index in [1.54, 1.807) is 0 Å². The topological polar surface area (TPSA) is 3.24 Å². The Bertz CT molecular complexity index is 670. The van der Waals surface area contributed by atoms with E-state index < -0.39 is 7.26 Å². The van der Waals surface area contributed by atoms with E-state index in [1.807, 2.05) is 0 Å². The minimum atomic E-state index is -2.06. The van der Waals surface area contributed by atoms with E-state index in [9.17, 15) is 0 Å². The zero-order valence-electron chi connectivity index (χ0n) is 15.9. The molecule has 0 fully saturated rings. The van der Waals surface area contributed by atoms with Crippen molar-refractivity contribution in [1.29, 1.82) is 0 Å². The Kier molecular flexibility index (Phi) is 6.61. The van der Waals surface area contributed by atoms with Crippen LogP contribution in [0.5, 0.6) is 0 Å². The summed E-state index contributed by atoms with van der Waals surface area (Å²) in [5.74, 6) is 0. The summed E-state index contributed by atoms with van der Waals surface area (Å²) in [7, 11) is -2.06. The Morgan fingerprint density at radius 3 is 1.23 bits per heavy atom. The molecule has 0 saturated carbocycles. The SMILES string of the molecule is CCN(CC)CC[PH](c1ccccc1)(c1ccccc1)c1ccccc1. The molecule has 0 unspecified atom stereocenters. The van der Waals surface area contributed by atoms with Crippen molar-refractivity contribution in [2.24, 2.45) is 0 Å². The van der Waals surface area contributed by atoms with Crippen LogP contribution in [0.2, 0.25) is 0 Å². The summed E-state index contributed by atoms with van der Waals surface area (Å²) in [6, 6.07) is 33.6. The minimum absolute atomic E-state index is 1.11. The van der Waals surface area contributed by atoms with Crippen LogP contribution in [-0.4, -0.2) is 30.7 Å². The van der Waals surface area contributed by atoms with Gasteiger partial charge in [0.15, 0.2) is 0 Å².